The maximum Gasteiger partial charge on any atom is 0.321 e. The number of ether oxygens (including phenoxy) is 3. The number of anilines is 1. The smallest absolute Gasteiger partial charge is 0.321 e. The minimum Gasteiger partial charge on any atom is -0.497 e. The third-order valence-electron chi connectivity index (χ3n) is 5.60. The van der Waals surface area contributed by atoms with Crippen molar-refractivity contribution < 1.29 is 19.0 Å². The molecule has 1 N–H and O–H groups in total. The van der Waals surface area contributed by atoms with Gasteiger partial charge in [0.05, 0.1) is 26.0 Å². The van der Waals surface area contributed by atoms with E-state index in [-0.39, 0.29) is 6.03 Å². The first-order valence-electron chi connectivity index (χ1n) is 9.52. The summed E-state index contributed by atoms with van der Waals surface area (Å²) < 4.78 is 16.6. The average molecular weight is 362 g/mol. The first-order chi connectivity index (χ1) is 12.6. The lowest BCUT2D eigenvalue weighted by molar-refractivity contribution is -0.0345. The molecule has 144 valence electrons. The zero-order valence-electron chi connectivity index (χ0n) is 16.0. The molecule has 1 unspecified atom stereocenters. The summed E-state index contributed by atoms with van der Waals surface area (Å²) in [4.78, 5) is 14.6. The summed E-state index contributed by atoms with van der Waals surface area (Å²) >= 11 is 0. The van der Waals surface area contributed by atoms with Crippen molar-refractivity contribution in [3.63, 3.8) is 0 Å². The molecule has 1 aromatic rings. The van der Waals surface area contributed by atoms with E-state index in [4.69, 9.17) is 14.2 Å². The normalized spacial score (nSPS) is 21.3. The second-order valence-corrected chi connectivity index (χ2v) is 7.16. The molecule has 0 aromatic heterocycles. The summed E-state index contributed by atoms with van der Waals surface area (Å²) in [6.07, 6.45) is 6.03. The highest BCUT2D eigenvalue weighted by atomic mass is 16.5. The van der Waals surface area contributed by atoms with Crippen molar-refractivity contribution in [1.82, 2.24) is 4.90 Å². The number of carbonyl (C=O) groups excluding carboxylic acids is 1. The second kappa shape index (κ2) is 8.62. The van der Waals surface area contributed by atoms with Gasteiger partial charge in [0.2, 0.25) is 0 Å². The fourth-order valence-corrected chi connectivity index (χ4v) is 3.93. The number of rotatable bonds is 4. The molecule has 3 rings (SSSR count). The van der Waals surface area contributed by atoms with Gasteiger partial charge in [0.15, 0.2) is 0 Å². The minimum atomic E-state index is -0.0635. The van der Waals surface area contributed by atoms with Gasteiger partial charge >= 0.3 is 6.03 Å². The van der Waals surface area contributed by atoms with Crippen LogP contribution in [0.25, 0.3) is 0 Å². The molecule has 0 saturated carbocycles. The predicted octanol–water partition coefficient (Wildman–Crippen LogP) is 3.83. The molecule has 6 heteroatoms. The third kappa shape index (κ3) is 4.23. The van der Waals surface area contributed by atoms with Crippen molar-refractivity contribution in [3.05, 3.63) is 17.7 Å². The molecule has 2 saturated heterocycles. The maximum atomic E-state index is 12.7. The minimum absolute atomic E-state index is 0.0635. The number of hydrogen-bond donors (Lipinski definition) is 1. The van der Waals surface area contributed by atoms with Gasteiger partial charge in [-0.25, -0.2) is 4.79 Å². The van der Waals surface area contributed by atoms with Crippen LogP contribution in [0, 0.1) is 12.8 Å². The number of carbonyl (C=O) groups is 1. The molecule has 6 nitrogen and oxygen atoms in total. The summed E-state index contributed by atoms with van der Waals surface area (Å²) in [7, 11) is 3.22. The van der Waals surface area contributed by atoms with E-state index in [1.807, 2.05) is 24.0 Å². The first kappa shape index (κ1) is 18.8. The summed E-state index contributed by atoms with van der Waals surface area (Å²) in [6, 6.07) is 3.59. The lowest BCUT2D eigenvalue weighted by Crippen LogP contribution is -2.44. The molecule has 2 fully saturated rings. The predicted molar refractivity (Wildman–Crippen MR) is 101 cm³/mol. The van der Waals surface area contributed by atoms with Gasteiger partial charge in [-0.2, -0.15) is 0 Å². The van der Waals surface area contributed by atoms with E-state index in [1.54, 1.807) is 14.2 Å². The van der Waals surface area contributed by atoms with Gasteiger partial charge < -0.3 is 24.4 Å². The quantitative estimate of drug-likeness (QED) is 0.884. The van der Waals surface area contributed by atoms with Gasteiger partial charge in [-0.1, -0.05) is 0 Å². The van der Waals surface area contributed by atoms with Crippen molar-refractivity contribution in [3.8, 4) is 11.5 Å². The monoisotopic (exact) mass is 362 g/mol. The van der Waals surface area contributed by atoms with E-state index in [1.165, 1.54) is 19.3 Å². The Hall–Kier alpha value is -1.95. The molecule has 0 radical (unpaired) electrons. The number of nitrogens with one attached hydrogen (secondary N) is 1. The van der Waals surface area contributed by atoms with Gasteiger partial charge in [-0.3, -0.25) is 0 Å². The molecular weight excluding hydrogens is 332 g/mol. The van der Waals surface area contributed by atoms with Crippen molar-refractivity contribution in [2.45, 2.75) is 45.1 Å². The molecule has 1 aromatic carbocycles. The number of methoxy groups -OCH3 is 2. The van der Waals surface area contributed by atoms with E-state index in [0.29, 0.717) is 23.5 Å². The van der Waals surface area contributed by atoms with Crippen LogP contribution in [0.2, 0.25) is 0 Å². The molecule has 2 amide bonds. The van der Waals surface area contributed by atoms with E-state index < -0.39 is 0 Å². The largest absolute Gasteiger partial charge is 0.497 e. The topological polar surface area (TPSA) is 60.0 Å². The summed E-state index contributed by atoms with van der Waals surface area (Å²) in [5.41, 5.74) is 1.62. The molecular formula is C20H30N2O4. The molecule has 0 spiro atoms. The fourth-order valence-electron chi connectivity index (χ4n) is 3.93. The lowest BCUT2D eigenvalue weighted by Gasteiger charge is -2.37. The Morgan fingerprint density at radius 2 is 1.92 bits per heavy atom. The van der Waals surface area contributed by atoms with Crippen molar-refractivity contribution >= 4 is 11.7 Å². The zero-order chi connectivity index (χ0) is 18.5. The Bertz CT molecular complexity index is 620. The van der Waals surface area contributed by atoms with Crippen LogP contribution in [0.15, 0.2) is 12.1 Å². The second-order valence-electron chi connectivity index (χ2n) is 7.16. The zero-order valence-corrected chi connectivity index (χ0v) is 16.0. The van der Waals surface area contributed by atoms with E-state index in [0.717, 1.165) is 43.8 Å². The molecule has 0 aliphatic carbocycles. The van der Waals surface area contributed by atoms with Crippen LogP contribution in [0.5, 0.6) is 11.5 Å². The van der Waals surface area contributed by atoms with Crippen LogP contribution in [0.4, 0.5) is 10.5 Å². The van der Waals surface area contributed by atoms with Crippen LogP contribution in [0.3, 0.4) is 0 Å². The number of nitrogens with zero attached hydrogens (tertiary/aromatic N) is 1. The molecule has 1 atom stereocenters. The lowest BCUT2D eigenvalue weighted by atomic mass is 9.87. The Kier molecular flexibility index (Phi) is 6.25. The van der Waals surface area contributed by atoms with Crippen LogP contribution in [-0.2, 0) is 4.74 Å². The number of piperidine rings is 1. The van der Waals surface area contributed by atoms with Gasteiger partial charge in [0, 0.05) is 37.4 Å². The number of benzene rings is 1. The fraction of sp³-hybridized carbons (Fsp3) is 0.650. The molecule has 26 heavy (non-hydrogen) atoms. The van der Waals surface area contributed by atoms with E-state index in [9.17, 15) is 4.79 Å². The first-order valence-corrected chi connectivity index (χ1v) is 9.52. The Morgan fingerprint density at radius 3 is 2.54 bits per heavy atom. The van der Waals surface area contributed by atoms with Crippen LogP contribution in [-0.4, -0.2) is 51.0 Å². The van der Waals surface area contributed by atoms with Gasteiger partial charge in [-0.05, 0) is 44.9 Å². The molecule has 0 bridgehead atoms. The molecule has 2 aliphatic heterocycles. The molecule has 2 heterocycles. The van der Waals surface area contributed by atoms with Crippen LogP contribution < -0.4 is 14.8 Å². The summed E-state index contributed by atoms with van der Waals surface area (Å²) in [5, 5.41) is 3.02. The van der Waals surface area contributed by atoms with Gasteiger partial charge in [0.25, 0.3) is 0 Å². The van der Waals surface area contributed by atoms with E-state index >= 15 is 0 Å². The number of likely N-dealkylation sites (tertiary alicyclic amines) is 1. The number of urea groups is 1. The Morgan fingerprint density at radius 1 is 1.15 bits per heavy atom. The van der Waals surface area contributed by atoms with Crippen LogP contribution >= 0.6 is 0 Å². The summed E-state index contributed by atoms with van der Waals surface area (Å²) in [6.45, 7) is 4.37. The Labute approximate surface area is 155 Å². The maximum absolute atomic E-state index is 12.7. The highest BCUT2D eigenvalue weighted by Crippen LogP contribution is 2.32. The Balaban J connectivity index is 1.59. The number of hydrogen-bond acceptors (Lipinski definition) is 4. The third-order valence-corrected chi connectivity index (χ3v) is 5.60. The van der Waals surface area contributed by atoms with E-state index in [2.05, 4.69) is 5.32 Å². The van der Waals surface area contributed by atoms with Crippen molar-refractivity contribution in [2.24, 2.45) is 5.92 Å². The standard InChI is InChI=1S/C20H30N2O4/c1-14-17(12-16(24-2)13-19(14)25-3)21-20(23)22-9-7-15(8-10-22)18-6-4-5-11-26-18/h12-13,15,18H,4-11H2,1-3H3,(H,21,23). The van der Waals surface area contributed by atoms with Crippen LogP contribution in [0.1, 0.15) is 37.7 Å². The SMILES string of the molecule is COc1cc(NC(=O)N2CCC(C3CCCCO3)CC2)c(C)c(OC)c1. The average Bonchev–Trinajstić information content (AvgIpc) is 2.70. The number of amides is 2. The highest BCUT2D eigenvalue weighted by Gasteiger charge is 2.30. The molecule has 2 aliphatic rings. The van der Waals surface area contributed by atoms with Crippen molar-refractivity contribution in [2.75, 3.05) is 39.2 Å². The van der Waals surface area contributed by atoms with Gasteiger partial charge in [-0.15, -0.1) is 0 Å². The van der Waals surface area contributed by atoms with Gasteiger partial charge in [0.1, 0.15) is 11.5 Å². The van der Waals surface area contributed by atoms with Crippen molar-refractivity contribution in [1.29, 1.82) is 0 Å². The highest BCUT2D eigenvalue weighted by molar-refractivity contribution is 5.91. The summed E-state index contributed by atoms with van der Waals surface area (Å²) in [5.74, 6) is 1.95.